The number of hydrogen-bond acceptors (Lipinski definition) is 2. The Morgan fingerprint density at radius 1 is 1.54 bits per heavy atom. The Balaban J connectivity index is 3.26. The summed E-state index contributed by atoms with van der Waals surface area (Å²) in [6.07, 6.45) is 0. The van der Waals surface area contributed by atoms with Crippen molar-refractivity contribution in [3.05, 3.63) is 27.7 Å². The highest BCUT2D eigenvalue weighted by molar-refractivity contribution is 9.10. The van der Waals surface area contributed by atoms with Crippen LogP contribution in [0.1, 0.15) is 15.9 Å². The van der Waals surface area contributed by atoms with Gasteiger partial charge in [-0.05, 0) is 34.5 Å². The fourth-order valence-electron chi connectivity index (χ4n) is 0.948. The van der Waals surface area contributed by atoms with E-state index in [4.69, 9.17) is 0 Å². The summed E-state index contributed by atoms with van der Waals surface area (Å²) in [7, 11) is 0. The van der Waals surface area contributed by atoms with Crippen LogP contribution in [0.25, 0.3) is 0 Å². The minimum Gasteiger partial charge on any atom is -0.506 e. The molecule has 70 valence electrons. The standard InChI is InChI=1S/C9H8Br2O2/c1-5-2-3-6(7(12)4-10)8(11)9(5)13/h2-3,13H,4H2,1H3. The number of ketones is 1. The summed E-state index contributed by atoms with van der Waals surface area (Å²) in [6, 6.07) is 3.42. The van der Waals surface area contributed by atoms with Crippen LogP contribution in [0.2, 0.25) is 0 Å². The van der Waals surface area contributed by atoms with E-state index < -0.39 is 0 Å². The molecule has 0 atom stereocenters. The third kappa shape index (κ3) is 2.11. The Morgan fingerprint density at radius 3 is 2.69 bits per heavy atom. The maximum atomic E-state index is 11.3. The molecule has 0 unspecified atom stereocenters. The molecule has 13 heavy (non-hydrogen) atoms. The lowest BCUT2D eigenvalue weighted by Gasteiger charge is -2.05. The highest BCUT2D eigenvalue weighted by Gasteiger charge is 2.12. The molecule has 0 bridgehead atoms. The van der Waals surface area contributed by atoms with Gasteiger partial charge in [-0.15, -0.1) is 0 Å². The molecular weight excluding hydrogens is 300 g/mol. The van der Waals surface area contributed by atoms with Crippen LogP contribution >= 0.6 is 31.9 Å². The molecule has 0 saturated carbocycles. The highest BCUT2D eigenvalue weighted by atomic mass is 79.9. The lowest BCUT2D eigenvalue weighted by molar-refractivity contribution is 0.102. The predicted octanol–water partition coefficient (Wildman–Crippen LogP) is 3.04. The van der Waals surface area contributed by atoms with Gasteiger partial charge in [-0.1, -0.05) is 22.0 Å². The Hall–Kier alpha value is -0.350. The maximum Gasteiger partial charge on any atom is 0.174 e. The molecule has 1 N–H and O–H groups in total. The number of aromatic hydroxyl groups is 1. The average molecular weight is 308 g/mol. The average Bonchev–Trinajstić information content (AvgIpc) is 2.13. The van der Waals surface area contributed by atoms with Gasteiger partial charge in [0.1, 0.15) is 5.75 Å². The number of phenolic OH excluding ortho intramolecular Hbond substituents is 1. The number of aryl methyl sites for hydroxylation is 1. The molecule has 0 fully saturated rings. The molecule has 0 heterocycles. The van der Waals surface area contributed by atoms with E-state index >= 15 is 0 Å². The van der Waals surface area contributed by atoms with E-state index in [0.717, 1.165) is 5.56 Å². The molecular formula is C9H8Br2O2. The maximum absolute atomic E-state index is 11.3. The van der Waals surface area contributed by atoms with Crippen LogP contribution in [0.15, 0.2) is 16.6 Å². The van der Waals surface area contributed by atoms with Crippen molar-refractivity contribution < 1.29 is 9.90 Å². The SMILES string of the molecule is Cc1ccc(C(=O)CBr)c(Br)c1O. The molecule has 0 spiro atoms. The van der Waals surface area contributed by atoms with Gasteiger partial charge >= 0.3 is 0 Å². The van der Waals surface area contributed by atoms with Crippen LogP contribution in [0.3, 0.4) is 0 Å². The van der Waals surface area contributed by atoms with E-state index in [0.29, 0.717) is 10.0 Å². The van der Waals surface area contributed by atoms with E-state index in [1.54, 1.807) is 19.1 Å². The van der Waals surface area contributed by atoms with Crippen LogP contribution in [-0.4, -0.2) is 16.2 Å². The lowest BCUT2D eigenvalue weighted by atomic mass is 10.1. The third-order valence-electron chi connectivity index (χ3n) is 1.74. The van der Waals surface area contributed by atoms with Crippen molar-refractivity contribution in [3.8, 4) is 5.75 Å². The first-order valence-electron chi connectivity index (χ1n) is 3.65. The van der Waals surface area contributed by atoms with Crippen molar-refractivity contribution in [2.24, 2.45) is 0 Å². The Labute approximate surface area is 93.2 Å². The largest absolute Gasteiger partial charge is 0.506 e. The fraction of sp³-hybridized carbons (Fsp3) is 0.222. The summed E-state index contributed by atoms with van der Waals surface area (Å²) in [6.45, 7) is 1.78. The number of hydrogen-bond donors (Lipinski definition) is 1. The fourth-order valence-corrected chi connectivity index (χ4v) is 1.92. The molecule has 0 saturated heterocycles. The molecule has 1 aromatic rings. The van der Waals surface area contributed by atoms with Crippen LogP contribution < -0.4 is 0 Å². The quantitative estimate of drug-likeness (QED) is 0.673. The first-order valence-corrected chi connectivity index (χ1v) is 5.56. The van der Waals surface area contributed by atoms with E-state index in [-0.39, 0.29) is 16.9 Å². The number of phenols is 1. The van der Waals surface area contributed by atoms with Gasteiger partial charge in [0.15, 0.2) is 5.78 Å². The minimum absolute atomic E-state index is 0.0535. The smallest absolute Gasteiger partial charge is 0.174 e. The van der Waals surface area contributed by atoms with E-state index in [9.17, 15) is 9.90 Å². The van der Waals surface area contributed by atoms with E-state index in [2.05, 4.69) is 31.9 Å². The minimum atomic E-state index is -0.0535. The molecule has 0 amide bonds. The Bertz CT molecular complexity index is 348. The van der Waals surface area contributed by atoms with Crippen molar-refractivity contribution in [1.82, 2.24) is 0 Å². The summed E-state index contributed by atoms with van der Waals surface area (Å²) in [5, 5.41) is 9.78. The van der Waals surface area contributed by atoms with Crippen LogP contribution in [0.5, 0.6) is 5.75 Å². The van der Waals surface area contributed by atoms with Crippen LogP contribution in [0.4, 0.5) is 0 Å². The van der Waals surface area contributed by atoms with Gasteiger partial charge in [0.05, 0.1) is 9.80 Å². The zero-order valence-corrected chi connectivity index (χ0v) is 10.1. The van der Waals surface area contributed by atoms with Gasteiger partial charge in [-0.25, -0.2) is 0 Å². The molecule has 0 aliphatic heterocycles. The zero-order chi connectivity index (χ0) is 10.0. The van der Waals surface area contributed by atoms with Crippen molar-refractivity contribution in [3.63, 3.8) is 0 Å². The van der Waals surface area contributed by atoms with Crippen LogP contribution in [0, 0.1) is 6.92 Å². The number of halogens is 2. The second-order valence-corrected chi connectivity index (χ2v) is 4.00. The number of alkyl halides is 1. The summed E-state index contributed by atoms with van der Waals surface area (Å²) < 4.78 is 0.469. The molecule has 1 rings (SSSR count). The van der Waals surface area contributed by atoms with Crippen molar-refractivity contribution >= 4 is 37.6 Å². The topological polar surface area (TPSA) is 37.3 Å². The second-order valence-electron chi connectivity index (χ2n) is 2.65. The van der Waals surface area contributed by atoms with E-state index in [1.807, 2.05) is 0 Å². The molecule has 1 aromatic carbocycles. The lowest BCUT2D eigenvalue weighted by Crippen LogP contribution is -2.01. The van der Waals surface area contributed by atoms with Gasteiger partial charge in [0, 0.05) is 5.56 Å². The van der Waals surface area contributed by atoms with Gasteiger partial charge < -0.3 is 5.11 Å². The van der Waals surface area contributed by atoms with Gasteiger partial charge in [-0.2, -0.15) is 0 Å². The number of rotatable bonds is 2. The zero-order valence-electron chi connectivity index (χ0n) is 6.97. The highest BCUT2D eigenvalue weighted by Crippen LogP contribution is 2.31. The van der Waals surface area contributed by atoms with Gasteiger partial charge in [0.25, 0.3) is 0 Å². The summed E-state index contributed by atoms with van der Waals surface area (Å²) in [5.41, 5.74) is 1.25. The molecule has 0 aliphatic carbocycles. The number of carbonyl (C=O) groups excluding carboxylic acids is 1. The van der Waals surface area contributed by atoms with Crippen molar-refractivity contribution in [2.75, 3.05) is 5.33 Å². The number of benzene rings is 1. The Morgan fingerprint density at radius 2 is 2.15 bits per heavy atom. The third-order valence-corrected chi connectivity index (χ3v) is 3.05. The van der Waals surface area contributed by atoms with Gasteiger partial charge in [-0.3, -0.25) is 4.79 Å². The second kappa shape index (κ2) is 4.24. The van der Waals surface area contributed by atoms with Crippen molar-refractivity contribution in [1.29, 1.82) is 0 Å². The Kier molecular flexibility index (Phi) is 3.50. The van der Waals surface area contributed by atoms with Crippen LogP contribution in [-0.2, 0) is 0 Å². The first-order chi connectivity index (χ1) is 6.07. The molecule has 2 nitrogen and oxygen atoms in total. The predicted molar refractivity (Wildman–Crippen MR) is 58.7 cm³/mol. The normalized spacial score (nSPS) is 10.1. The molecule has 0 aromatic heterocycles. The summed E-state index contributed by atoms with van der Waals surface area (Å²) >= 11 is 6.26. The summed E-state index contributed by atoms with van der Waals surface area (Å²) in [4.78, 5) is 11.3. The van der Waals surface area contributed by atoms with Gasteiger partial charge in [0.2, 0.25) is 0 Å². The summed E-state index contributed by atoms with van der Waals surface area (Å²) in [5.74, 6) is 0.0778. The van der Waals surface area contributed by atoms with Crippen molar-refractivity contribution in [2.45, 2.75) is 6.92 Å². The molecule has 4 heteroatoms. The first kappa shape index (κ1) is 10.7. The molecule has 0 radical (unpaired) electrons. The molecule has 0 aliphatic rings. The number of Topliss-reactive ketones (excluding diaryl/α,β-unsaturated/α-hetero) is 1. The van der Waals surface area contributed by atoms with E-state index in [1.165, 1.54) is 0 Å². The number of carbonyl (C=O) groups is 1. The monoisotopic (exact) mass is 306 g/mol.